The van der Waals surface area contributed by atoms with Crippen molar-refractivity contribution >= 4 is 0 Å². The number of rotatable bonds is 10. The third-order valence-electron chi connectivity index (χ3n) is 4.88. The van der Waals surface area contributed by atoms with Crippen LogP contribution in [0.15, 0.2) is 0 Å². The van der Waals surface area contributed by atoms with Crippen LogP contribution in [0, 0.1) is 11.8 Å². The first-order valence-electron chi connectivity index (χ1n) is 8.74. The smallest absolute Gasteiger partial charge is 0.00127 e. The van der Waals surface area contributed by atoms with E-state index in [9.17, 15) is 0 Å². The molecule has 0 spiro atoms. The summed E-state index contributed by atoms with van der Waals surface area (Å²) in [5, 5.41) is 0. The number of nitrogens with zero attached hydrogens (tertiary/aromatic N) is 1. The lowest BCUT2D eigenvalue weighted by molar-refractivity contribution is 0.118. The summed E-state index contributed by atoms with van der Waals surface area (Å²) >= 11 is 0. The van der Waals surface area contributed by atoms with E-state index in [4.69, 9.17) is 5.73 Å². The van der Waals surface area contributed by atoms with Gasteiger partial charge in [0.2, 0.25) is 0 Å². The van der Waals surface area contributed by atoms with E-state index in [1.165, 1.54) is 77.4 Å². The van der Waals surface area contributed by atoms with E-state index >= 15 is 0 Å². The van der Waals surface area contributed by atoms with Crippen LogP contribution in [0.3, 0.4) is 0 Å². The predicted octanol–water partition coefficient (Wildman–Crippen LogP) is 4.04. The van der Waals surface area contributed by atoms with Gasteiger partial charge in [0, 0.05) is 6.54 Å². The number of hydrogen-bond donors (Lipinski definition) is 1. The molecule has 2 heteroatoms. The van der Waals surface area contributed by atoms with Crippen LogP contribution in [-0.2, 0) is 0 Å². The second kappa shape index (κ2) is 10.7. The molecule has 114 valence electrons. The molecule has 0 aliphatic carbocycles. The van der Waals surface area contributed by atoms with E-state index in [1.54, 1.807) is 0 Å². The first-order chi connectivity index (χ1) is 9.31. The first-order valence-corrected chi connectivity index (χ1v) is 8.74. The van der Waals surface area contributed by atoms with Crippen molar-refractivity contribution in [2.75, 3.05) is 26.2 Å². The Balaban J connectivity index is 2.04. The van der Waals surface area contributed by atoms with Crippen molar-refractivity contribution in [1.29, 1.82) is 0 Å². The molecule has 2 unspecified atom stereocenters. The molecule has 0 aromatic heterocycles. The second-order valence-corrected chi connectivity index (χ2v) is 6.37. The largest absolute Gasteiger partial charge is 0.330 e. The highest BCUT2D eigenvalue weighted by atomic mass is 15.1. The Labute approximate surface area is 121 Å². The van der Waals surface area contributed by atoms with Crippen LogP contribution >= 0.6 is 0 Å². The van der Waals surface area contributed by atoms with E-state index in [-0.39, 0.29) is 0 Å². The van der Waals surface area contributed by atoms with E-state index in [1.807, 2.05) is 0 Å². The molecule has 2 N–H and O–H groups in total. The Morgan fingerprint density at radius 2 is 1.63 bits per heavy atom. The zero-order valence-electron chi connectivity index (χ0n) is 13.4. The topological polar surface area (TPSA) is 29.3 Å². The van der Waals surface area contributed by atoms with Gasteiger partial charge in [0.05, 0.1) is 0 Å². The highest BCUT2D eigenvalue weighted by molar-refractivity contribution is 4.80. The minimum absolute atomic E-state index is 0.787. The number of hydrogen-bond acceptors (Lipinski definition) is 2. The van der Waals surface area contributed by atoms with Crippen molar-refractivity contribution in [1.82, 2.24) is 4.90 Å². The Bertz CT molecular complexity index is 205. The highest BCUT2D eigenvalue weighted by Gasteiger charge is 2.26. The van der Waals surface area contributed by atoms with Crippen LogP contribution in [-0.4, -0.2) is 31.1 Å². The molecule has 0 aromatic rings. The number of nitrogens with two attached hydrogens (primary N) is 1. The van der Waals surface area contributed by atoms with Crippen LogP contribution in [0.2, 0.25) is 0 Å². The molecular formula is C17H36N2. The summed E-state index contributed by atoms with van der Waals surface area (Å²) in [7, 11) is 0. The molecule has 2 atom stereocenters. The van der Waals surface area contributed by atoms with Crippen LogP contribution in [0.4, 0.5) is 0 Å². The summed E-state index contributed by atoms with van der Waals surface area (Å²) in [5.74, 6) is 1.64. The van der Waals surface area contributed by atoms with Crippen LogP contribution in [0.5, 0.6) is 0 Å². The highest BCUT2D eigenvalue weighted by Crippen LogP contribution is 2.25. The van der Waals surface area contributed by atoms with Gasteiger partial charge in [-0.05, 0) is 44.3 Å². The van der Waals surface area contributed by atoms with Crippen molar-refractivity contribution in [3.8, 4) is 0 Å². The Morgan fingerprint density at radius 1 is 0.947 bits per heavy atom. The van der Waals surface area contributed by atoms with Crippen LogP contribution < -0.4 is 5.73 Å². The first kappa shape index (κ1) is 17.0. The summed E-state index contributed by atoms with van der Waals surface area (Å²) in [6.45, 7) is 9.41. The van der Waals surface area contributed by atoms with Gasteiger partial charge < -0.3 is 10.6 Å². The van der Waals surface area contributed by atoms with Crippen molar-refractivity contribution < 1.29 is 0 Å². The molecule has 2 nitrogen and oxygen atoms in total. The fourth-order valence-electron chi connectivity index (χ4n) is 3.42. The summed E-state index contributed by atoms with van der Waals surface area (Å²) in [6.07, 6.45) is 12.6. The molecule has 0 amide bonds. The van der Waals surface area contributed by atoms with E-state index in [2.05, 4.69) is 18.7 Å². The molecular weight excluding hydrogens is 232 g/mol. The standard InChI is InChI=1S/C17H36N2/c1-3-5-6-7-8-9-10-12-19-13-11-17(14-18)16(4-2)15-19/h16-17H,3-15,18H2,1-2H3. The minimum atomic E-state index is 0.787. The maximum Gasteiger partial charge on any atom is 0.00127 e. The molecule has 1 rings (SSSR count). The Morgan fingerprint density at radius 3 is 2.26 bits per heavy atom. The fourth-order valence-corrected chi connectivity index (χ4v) is 3.42. The van der Waals surface area contributed by atoms with Gasteiger partial charge in [-0.3, -0.25) is 0 Å². The summed E-state index contributed by atoms with van der Waals surface area (Å²) in [6, 6.07) is 0. The van der Waals surface area contributed by atoms with Gasteiger partial charge >= 0.3 is 0 Å². The van der Waals surface area contributed by atoms with E-state index < -0.39 is 0 Å². The van der Waals surface area contributed by atoms with Crippen LogP contribution in [0.1, 0.15) is 71.6 Å². The average Bonchev–Trinajstić information content (AvgIpc) is 2.46. The maximum atomic E-state index is 5.88. The molecule has 1 saturated heterocycles. The summed E-state index contributed by atoms with van der Waals surface area (Å²) in [4.78, 5) is 2.69. The number of unbranched alkanes of at least 4 members (excludes halogenated alkanes) is 6. The summed E-state index contributed by atoms with van der Waals surface area (Å²) < 4.78 is 0. The predicted molar refractivity (Wildman–Crippen MR) is 85.4 cm³/mol. The molecule has 1 fully saturated rings. The second-order valence-electron chi connectivity index (χ2n) is 6.37. The molecule has 0 bridgehead atoms. The maximum absolute atomic E-state index is 5.88. The number of likely N-dealkylation sites (tertiary alicyclic amines) is 1. The lowest BCUT2D eigenvalue weighted by atomic mass is 9.84. The SMILES string of the molecule is CCCCCCCCCN1CCC(CN)C(CC)C1. The lowest BCUT2D eigenvalue weighted by Crippen LogP contribution is -2.43. The van der Waals surface area contributed by atoms with Gasteiger partial charge in [-0.25, -0.2) is 0 Å². The van der Waals surface area contributed by atoms with Crippen molar-refractivity contribution in [2.45, 2.75) is 71.6 Å². The van der Waals surface area contributed by atoms with Crippen molar-refractivity contribution in [3.63, 3.8) is 0 Å². The van der Waals surface area contributed by atoms with Gasteiger partial charge in [-0.2, -0.15) is 0 Å². The molecule has 1 aliphatic rings. The van der Waals surface area contributed by atoms with Crippen molar-refractivity contribution in [2.24, 2.45) is 17.6 Å². The molecule has 0 saturated carbocycles. The Hall–Kier alpha value is -0.0800. The molecule has 1 heterocycles. The molecule has 0 aromatic carbocycles. The van der Waals surface area contributed by atoms with Gasteiger partial charge in [-0.1, -0.05) is 58.8 Å². The van der Waals surface area contributed by atoms with E-state index in [0.717, 1.165) is 18.4 Å². The normalized spacial score (nSPS) is 24.8. The minimum Gasteiger partial charge on any atom is -0.330 e. The quantitative estimate of drug-likeness (QED) is 0.606. The van der Waals surface area contributed by atoms with Gasteiger partial charge in [0.1, 0.15) is 0 Å². The lowest BCUT2D eigenvalue weighted by Gasteiger charge is -2.37. The molecule has 0 radical (unpaired) electrons. The molecule has 1 aliphatic heterocycles. The Kier molecular flexibility index (Phi) is 9.54. The van der Waals surface area contributed by atoms with Gasteiger partial charge in [0.15, 0.2) is 0 Å². The third kappa shape index (κ3) is 6.76. The zero-order valence-corrected chi connectivity index (χ0v) is 13.4. The monoisotopic (exact) mass is 268 g/mol. The fraction of sp³-hybridized carbons (Fsp3) is 1.00. The number of piperidine rings is 1. The third-order valence-corrected chi connectivity index (χ3v) is 4.88. The van der Waals surface area contributed by atoms with Gasteiger partial charge in [0.25, 0.3) is 0 Å². The zero-order chi connectivity index (χ0) is 13.9. The summed E-state index contributed by atoms with van der Waals surface area (Å²) in [5.41, 5.74) is 5.88. The van der Waals surface area contributed by atoms with Crippen LogP contribution in [0.25, 0.3) is 0 Å². The van der Waals surface area contributed by atoms with E-state index in [0.29, 0.717) is 0 Å². The molecule has 19 heavy (non-hydrogen) atoms. The van der Waals surface area contributed by atoms with Crippen molar-refractivity contribution in [3.05, 3.63) is 0 Å². The average molecular weight is 268 g/mol. The van der Waals surface area contributed by atoms with Gasteiger partial charge in [-0.15, -0.1) is 0 Å².